The van der Waals surface area contributed by atoms with Gasteiger partial charge in [-0.3, -0.25) is 4.79 Å². The Labute approximate surface area is 119 Å². The van der Waals surface area contributed by atoms with Crippen molar-refractivity contribution in [3.05, 3.63) is 23.9 Å². The van der Waals surface area contributed by atoms with Crippen LogP contribution in [0.15, 0.2) is 18.3 Å². The summed E-state index contributed by atoms with van der Waals surface area (Å²) in [5.41, 5.74) is 0.599. The third kappa shape index (κ3) is 4.01. The number of ketones is 1. The van der Waals surface area contributed by atoms with Crippen LogP contribution in [-0.4, -0.2) is 44.6 Å². The van der Waals surface area contributed by atoms with Crippen LogP contribution in [0, 0.1) is 0 Å². The van der Waals surface area contributed by atoms with Gasteiger partial charge < -0.3 is 4.90 Å². The number of nitrogens with one attached hydrogen (secondary N) is 1. The van der Waals surface area contributed by atoms with Gasteiger partial charge in [-0.1, -0.05) is 0 Å². The lowest BCUT2D eigenvalue weighted by Crippen LogP contribution is -2.44. The average molecular weight is 297 g/mol. The minimum Gasteiger partial charge on any atom is -0.357 e. The molecule has 0 unspecified atom stereocenters. The van der Waals surface area contributed by atoms with Gasteiger partial charge in [-0.15, -0.1) is 0 Å². The lowest BCUT2D eigenvalue weighted by molar-refractivity contribution is 0.101. The summed E-state index contributed by atoms with van der Waals surface area (Å²) < 4.78 is 25.0. The Bertz CT molecular complexity index is 575. The maximum Gasteiger partial charge on any atom is 0.208 e. The molecule has 1 fully saturated rings. The van der Waals surface area contributed by atoms with E-state index in [2.05, 4.69) is 14.6 Å². The first-order chi connectivity index (χ1) is 9.35. The van der Waals surface area contributed by atoms with E-state index in [0.717, 1.165) is 31.7 Å². The van der Waals surface area contributed by atoms with Crippen molar-refractivity contribution in [3.63, 3.8) is 0 Å². The molecule has 1 aromatic rings. The Morgan fingerprint density at radius 2 is 2.00 bits per heavy atom. The molecule has 1 aromatic heterocycles. The van der Waals surface area contributed by atoms with Gasteiger partial charge in [0.25, 0.3) is 0 Å². The van der Waals surface area contributed by atoms with Gasteiger partial charge in [0.1, 0.15) is 5.82 Å². The number of Topliss-reactive ketones (excluding diaryl/α,β-unsaturated/α-hetero) is 1. The van der Waals surface area contributed by atoms with Crippen molar-refractivity contribution in [2.24, 2.45) is 0 Å². The van der Waals surface area contributed by atoms with Gasteiger partial charge >= 0.3 is 0 Å². The summed E-state index contributed by atoms with van der Waals surface area (Å²) in [5.74, 6) is 0.827. The first kappa shape index (κ1) is 14.9. The molecule has 1 aliphatic heterocycles. The highest BCUT2D eigenvalue weighted by Gasteiger charge is 2.22. The maximum atomic E-state index is 11.2. The molecule has 1 aliphatic rings. The van der Waals surface area contributed by atoms with Crippen molar-refractivity contribution in [2.45, 2.75) is 25.8 Å². The van der Waals surface area contributed by atoms with Crippen LogP contribution >= 0.6 is 0 Å². The van der Waals surface area contributed by atoms with Crippen molar-refractivity contribution in [2.75, 3.05) is 24.2 Å². The van der Waals surface area contributed by atoms with Crippen molar-refractivity contribution in [1.82, 2.24) is 9.71 Å². The predicted molar refractivity (Wildman–Crippen MR) is 77.5 cm³/mol. The van der Waals surface area contributed by atoms with E-state index in [1.807, 2.05) is 6.07 Å². The molecule has 0 atom stereocenters. The van der Waals surface area contributed by atoms with Gasteiger partial charge in [-0.2, -0.15) is 0 Å². The molecule has 2 heterocycles. The van der Waals surface area contributed by atoms with E-state index in [-0.39, 0.29) is 11.8 Å². The molecule has 0 aliphatic carbocycles. The zero-order chi connectivity index (χ0) is 14.8. The number of rotatable bonds is 4. The quantitative estimate of drug-likeness (QED) is 0.832. The average Bonchev–Trinajstić information content (AvgIpc) is 2.38. The van der Waals surface area contributed by atoms with Crippen LogP contribution in [0.1, 0.15) is 30.1 Å². The van der Waals surface area contributed by atoms with E-state index in [1.165, 1.54) is 13.2 Å². The Balaban J connectivity index is 1.95. The summed E-state index contributed by atoms with van der Waals surface area (Å²) in [5, 5.41) is 0. The zero-order valence-corrected chi connectivity index (χ0v) is 12.5. The number of anilines is 1. The lowest BCUT2D eigenvalue weighted by Gasteiger charge is -2.32. The highest BCUT2D eigenvalue weighted by molar-refractivity contribution is 7.88. The van der Waals surface area contributed by atoms with Gasteiger partial charge in [0.2, 0.25) is 10.0 Å². The number of nitrogens with zero attached hydrogens (tertiary/aromatic N) is 2. The Morgan fingerprint density at radius 3 is 2.45 bits per heavy atom. The predicted octanol–water partition coefficient (Wildman–Crippen LogP) is 0.802. The second kappa shape index (κ2) is 5.88. The summed E-state index contributed by atoms with van der Waals surface area (Å²) in [7, 11) is -3.14. The molecule has 7 heteroatoms. The zero-order valence-electron chi connectivity index (χ0n) is 11.7. The van der Waals surface area contributed by atoms with Gasteiger partial charge in [0.15, 0.2) is 5.78 Å². The summed E-state index contributed by atoms with van der Waals surface area (Å²) in [6.07, 6.45) is 4.27. The molecule has 0 aromatic carbocycles. The SMILES string of the molecule is CC(=O)c1ccc(N2CCC(NS(C)(=O)=O)CC2)nc1. The van der Waals surface area contributed by atoms with Crippen molar-refractivity contribution in [1.29, 1.82) is 0 Å². The minimum absolute atomic E-state index is 0.000102. The number of pyridine rings is 1. The second-order valence-electron chi connectivity index (χ2n) is 5.11. The van der Waals surface area contributed by atoms with Crippen LogP contribution in [0.3, 0.4) is 0 Å². The van der Waals surface area contributed by atoms with Crippen LogP contribution in [0.2, 0.25) is 0 Å². The third-order valence-electron chi connectivity index (χ3n) is 3.35. The topological polar surface area (TPSA) is 79.4 Å². The third-order valence-corrected chi connectivity index (χ3v) is 4.12. The molecule has 110 valence electrons. The highest BCUT2D eigenvalue weighted by atomic mass is 32.2. The number of sulfonamides is 1. The highest BCUT2D eigenvalue weighted by Crippen LogP contribution is 2.18. The number of carbonyl (C=O) groups excluding carboxylic acids is 1. The fraction of sp³-hybridized carbons (Fsp3) is 0.538. The summed E-state index contributed by atoms with van der Waals surface area (Å²) in [6, 6.07) is 3.60. The molecule has 6 nitrogen and oxygen atoms in total. The van der Waals surface area contributed by atoms with Crippen molar-refractivity contribution < 1.29 is 13.2 Å². The number of piperidine rings is 1. The van der Waals surface area contributed by atoms with E-state index in [0.29, 0.717) is 5.56 Å². The van der Waals surface area contributed by atoms with Crippen molar-refractivity contribution >= 4 is 21.6 Å². The van der Waals surface area contributed by atoms with Crippen LogP contribution in [-0.2, 0) is 10.0 Å². The first-order valence-corrected chi connectivity index (χ1v) is 8.43. The normalized spacial score (nSPS) is 17.2. The number of hydrogen-bond donors (Lipinski definition) is 1. The maximum absolute atomic E-state index is 11.2. The summed E-state index contributed by atoms with van der Waals surface area (Å²) in [6.45, 7) is 3.01. The molecule has 1 saturated heterocycles. The molecular weight excluding hydrogens is 278 g/mol. The van der Waals surface area contributed by atoms with Crippen molar-refractivity contribution in [3.8, 4) is 0 Å². The summed E-state index contributed by atoms with van der Waals surface area (Å²) >= 11 is 0. The lowest BCUT2D eigenvalue weighted by atomic mass is 10.1. The molecule has 2 rings (SSSR count). The smallest absolute Gasteiger partial charge is 0.208 e. The molecule has 1 N–H and O–H groups in total. The minimum atomic E-state index is -3.14. The fourth-order valence-electron chi connectivity index (χ4n) is 2.31. The molecule has 0 bridgehead atoms. The Morgan fingerprint density at radius 1 is 1.35 bits per heavy atom. The van der Waals surface area contributed by atoms with Crippen LogP contribution in [0.5, 0.6) is 0 Å². The van der Waals surface area contributed by atoms with E-state index in [1.54, 1.807) is 12.3 Å². The largest absolute Gasteiger partial charge is 0.357 e. The van der Waals surface area contributed by atoms with E-state index in [4.69, 9.17) is 0 Å². The van der Waals surface area contributed by atoms with E-state index >= 15 is 0 Å². The van der Waals surface area contributed by atoms with E-state index < -0.39 is 10.0 Å². The summed E-state index contributed by atoms with van der Waals surface area (Å²) in [4.78, 5) is 17.6. The van der Waals surface area contributed by atoms with Crippen LogP contribution in [0.4, 0.5) is 5.82 Å². The monoisotopic (exact) mass is 297 g/mol. The molecule has 0 saturated carbocycles. The molecular formula is C13H19N3O3S. The van der Waals surface area contributed by atoms with Gasteiger partial charge in [-0.05, 0) is 31.9 Å². The molecule has 0 amide bonds. The molecule has 0 radical (unpaired) electrons. The van der Waals surface area contributed by atoms with Gasteiger partial charge in [-0.25, -0.2) is 18.1 Å². The second-order valence-corrected chi connectivity index (χ2v) is 6.89. The molecule has 20 heavy (non-hydrogen) atoms. The van der Waals surface area contributed by atoms with Gasteiger partial charge in [0.05, 0.1) is 6.26 Å². The Kier molecular flexibility index (Phi) is 4.39. The number of aromatic nitrogens is 1. The molecule has 0 spiro atoms. The van der Waals surface area contributed by atoms with E-state index in [9.17, 15) is 13.2 Å². The first-order valence-electron chi connectivity index (χ1n) is 6.54. The fourth-order valence-corrected chi connectivity index (χ4v) is 3.15. The van der Waals surface area contributed by atoms with Crippen LogP contribution in [0.25, 0.3) is 0 Å². The standard InChI is InChI=1S/C13H19N3O3S/c1-10(17)11-3-4-13(14-9-11)16-7-5-12(6-8-16)15-20(2,18)19/h3-4,9,12,15H,5-8H2,1-2H3. The Hall–Kier alpha value is -1.47. The van der Waals surface area contributed by atoms with Gasteiger partial charge in [0, 0.05) is 30.9 Å². The number of carbonyl (C=O) groups is 1. The number of hydrogen-bond acceptors (Lipinski definition) is 5. The van der Waals surface area contributed by atoms with Crippen LogP contribution < -0.4 is 9.62 Å².